The van der Waals surface area contributed by atoms with Crippen LogP contribution in [-0.2, 0) is 10.6 Å². The van der Waals surface area contributed by atoms with Crippen molar-refractivity contribution in [2.75, 3.05) is 0 Å². The summed E-state index contributed by atoms with van der Waals surface area (Å²) in [4.78, 5) is 0. The molecule has 0 unspecified atom stereocenters. The van der Waals surface area contributed by atoms with Gasteiger partial charge in [0.05, 0.1) is 8.07 Å². The molecule has 1 aliphatic carbocycles. The zero-order valence-corrected chi connectivity index (χ0v) is 22.1. The molecule has 1 nitrogen and oxygen atoms in total. The van der Waals surface area contributed by atoms with Gasteiger partial charge in [-0.15, -0.1) is 0 Å². The summed E-state index contributed by atoms with van der Waals surface area (Å²) < 4.78 is 228. The Labute approximate surface area is 227 Å². The van der Waals surface area contributed by atoms with Crippen molar-refractivity contribution in [2.24, 2.45) is 0 Å². The summed E-state index contributed by atoms with van der Waals surface area (Å²) in [5.41, 5.74) is -11.5. The SMILES string of the molecule is C[Si](C)(C)C1(C(F)(F)F)c2ccccc2C(O)(C(F)(F)C(F)(F)C(F)(F)C(F)(F)C(F)(F)C(F)(F)F)c2ccccc21. The summed E-state index contributed by atoms with van der Waals surface area (Å²) in [6.07, 6.45) is -13.1. The van der Waals surface area contributed by atoms with E-state index in [1.165, 1.54) is 0 Å². The number of hydrogen-bond acceptors (Lipinski definition) is 1. The molecule has 0 saturated carbocycles. The second-order valence-corrected chi connectivity index (χ2v) is 15.9. The van der Waals surface area contributed by atoms with Crippen LogP contribution < -0.4 is 0 Å². The Balaban J connectivity index is 2.51. The normalized spacial score (nSPS) is 23.0. The summed E-state index contributed by atoms with van der Waals surface area (Å²) in [5, 5.41) is 7.88. The average Bonchev–Trinajstić information content (AvgIpc) is 2.81. The fraction of sp³-hybridized carbons (Fsp3) is 0.500. The topological polar surface area (TPSA) is 20.2 Å². The molecular weight excluding hydrogens is 636 g/mol. The molecular formula is C24H18F16OSi. The van der Waals surface area contributed by atoms with Gasteiger partial charge >= 0.3 is 42.0 Å². The average molecular weight is 654 g/mol. The number of fused-ring (bicyclic) bond motifs is 2. The van der Waals surface area contributed by atoms with Gasteiger partial charge in [-0.3, -0.25) is 0 Å². The molecule has 2 aromatic rings. The van der Waals surface area contributed by atoms with Crippen molar-refractivity contribution in [1.82, 2.24) is 0 Å². The molecule has 0 saturated heterocycles. The molecule has 0 bridgehead atoms. The molecule has 0 atom stereocenters. The molecule has 0 heterocycles. The minimum absolute atomic E-state index is 0.177. The fourth-order valence-electron chi connectivity index (χ4n) is 5.42. The highest BCUT2D eigenvalue weighted by molar-refractivity contribution is 6.80. The molecule has 236 valence electrons. The van der Waals surface area contributed by atoms with Gasteiger partial charge in [0.25, 0.3) is 0 Å². The van der Waals surface area contributed by atoms with E-state index in [1.807, 2.05) is 0 Å². The number of hydrogen-bond donors (Lipinski definition) is 1. The third-order valence-corrected chi connectivity index (χ3v) is 10.5. The predicted octanol–water partition coefficient (Wildman–Crippen LogP) is 8.70. The van der Waals surface area contributed by atoms with E-state index < -0.39 is 82.9 Å². The molecule has 0 amide bonds. The lowest BCUT2D eigenvalue weighted by Crippen LogP contribution is -2.74. The lowest BCUT2D eigenvalue weighted by Gasteiger charge is -2.55. The van der Waals surface area contributed by atoms with E-state index in [0.717, 1.165) is 31.8 Å². The van der Waals surface area contributed by atoms with Crippen LogP contribution in [0.1, 0.15) is 22.3 Å². The smallest absolute Gasteiger partial charge is 0.374 e. The number of halogens is 16. The van der Waals surface area contributed by atoms with Crippen molar-refractivity contribution in [3.05, 3.63) is 70.8 Å². The van der Waals surface area contributed by atoms with Gasteiger partial charge in [0.15, 0.2) is 5.60 Å². The Morgan fingerprint density at radius 2 is 0.810 bits per heavy atom. The first kappa shape index (κ1) is 34.0. The highest BCUT2D eigenvalue weighted by Crippen LogP contribution is 2.67. The molecule has 18 heteroatoms. The van der Waals surface area contributed by atoms with Gasteiger partial charge in [0.2, 0.25) is 0 Å². The zero-order valence-electron chi connectivity index (χ0n) is 21.1. The maximum atomic E-state index is 15.8. The van der Waals surface area contributed by atoms with Crippen LogP contribution in [0.25, 0.3) is 0 Å². The van der Waals surface area contributed by atoms with Gasteiger partial charge in [-0.2, -0.15) is 70.2 Å². The van der Waals surface area contributed by atoms with Crippen molar-refractivity contribution >= 4 is 8.07 Å². The molecule has 42 heavy (non-hydrogen) atoms. The highest BCUT2D eigenvalue weighted by atomic mass is 28.3. The van der Waals surface area contributed by atoms with Crippen LogP contribution >= 0.6 is 0 Å². The van der Waals surface area contributed by atoms with E-state index in [1.54, 1.807) is 0 Å². The molecule has 1 N–H and O–H groups in total. The summed E-state index contributed by atoms with van der Waals surface area (Å²) >= 11 is 0. The maximum Gasteiger partial charge on any atom is 0.460 e. The van der Waals surface area contributed by atoms with E-state index in [0.29, 0.717) is 24.3 Å². The third-order valence-electron chi connectivity index (χ3n) is 7.38. The lowest BCUT2D eigenvalue weighted by molar-refractivity contribution is -0.449. The van der Waals surface area contributed by atoms with Gasteiger partial charge in [0, 0.05) is 0 Å². The van der Waals surface area contributed by atoms with Crippen molar-refractivity contribution in [3.8, 4) is 0 Å². The molecule has 0 spiro atoms. The Morgan fingerprint density at radius 3 is 1.10 bits per heavy atom. The fourth-order valence-corrected chi connectivity index (χ4v) is 8.32. The highest BCUT2D eigenvalue weighted by Gasteiger charge is 2.93. The van der Waals surface area contributed by atoms with Crippen molar-refractivity contribution in [1.29, 1.82) is 0 Å². The van der Waals surface area contributed by atoms with Crippen molar-refractivity contribution in [3.63, 3.8) is 0 Å². The molecule has 0 aliphatic heterocycles. The molecule has 0 aromatic heterocycles. The minimum Gasteiger partial charge on any atom is -0.374 e. The van der Waals surface area contributed by atoms with Crippen LogP contribution in [0.3, 0.4) is 0 Å². The summed E-state index contributed by atoms with van der Waals surface area (Å²) in [6.45, 7) is 3.16. The number of aliphatic hydroxyl groups is 1. The summed E-state index contributed by atoms with van der Waals surface area (Å²) in [7, 11) is -3.99. The summed E-state index contributed by atoms with van der Waals surface area (Å²) in [6, 6.07) is 3.99. The Bertz CT molecular complexity index is 1290. The van der Waals surface area contributed by atoms with Gasteiger partial charge in [-0.25, -0.2) is 0 Å². The van der Waals surface area contributed by atoms with Crippen molar-refractivity contribution in [2.45, 2.75) is 72.2 Å². The van der Waals surface area contributed by atoms with Crippen LogP contribution in [0, 0.1) is 0 Å². The molecule has 1 aliphatic rings. The standard InChI is InChI=1S/C24H18F16OSi/c1-42(2,3)17(23(35,36)37)14-10-6-4-8-12(14)16(41,13-9-5-7-11-15(13)17)18(25,26)19(27,28)20(29,30)21(31,32)22(33,34)24(38,39)40/h4-11,41H,1-3H3. The van der Waals surface area contributed by atoms with Crippen LogP contribution in [0.4, 0.5) is 70.2 Å². The number of benzene rings is 2. The van der Waals surface area contributed by atoms with E-state index in [-0.39, 0.29) is 12.1 Å². The van der Waals surface area contributed by atoms with Crippen LogP contribution in [0.15, 0.2) is 48.5 Å². The van der Waals surface area contributed by atoms with Crippen LogP contribution in [0.5, 0.6) is 0 Å². The van der Waals surface area contributed by atoms with Crippen molar-refractivity contribution < 1.29 is 75.4 Å². The van der Waals surface area contributed by atoms with E-state index in [2.05, 4.69) is 0 Å². The van der Waals surface area contributed by atoms with E-state index in [9.17, 15) is 44.6 Å². The van der Waals surface area contributed by atoms with E-state index in [4.69, 9.17) is 0 Å². The Hall–Kier alpha value is -2.50. The largest absolute Gasteiger partial charge is 0.460 e. The predicted molar refractivity (Wildman–Crippen MR) is 117 cm³/mol. The van der Waals surface area contributed by atoms with E-state index >= 15 is 30.7 Å². The first-order chi connectivity index (χ1) is 18.5. The molecule has 2 aromatic carbocycles. The quantitative estimate of drug-likeness (QED) is 0.244. The third kappa shape index (κ3) is 3.74. The molecule has 3 rings (SSSR count). The Kier molecular flexibility index (Phi) is 7.29. The molecule has 0 radical (unpaired) electrons. The van der Waals surface area contributed by atoms with Gasteiger partial charge in [-0.1, -0.05) is 68.2 Å². The first-order valence-electron chi connectivity index (χ1n) is 11.4. The van der Waals surface area contributed by atoms with Crippen LogP contribution in [-0.4, -0.2) is 55.1 Å². The minimum atomic E-state index is -8.26. The zero-order chi connectivity index (χ0) is 33.0. The van der Waals surface area contributed by atoms with Gasteiger partial charge < -0.3 is 5.11 Å². The second kappa shape index (κ2) is 9.01. The lowest BCUT2D eigenvalue weighted by atomic mass is 9.65. The first-order valence-corrected chi connectivity index (χ1v) is 14.9. The van der Waals surface area contributed by atoms with Gasteiger partial charge in [0.1, 0.15) is 5.04 Å². The summed E-state index contributed by atoms with van der Waals surface area (Å²) in [5.74, 6) is -39.7. The monoisotopic (exact) mass is 654 g/mol. The number of rotatable bonds is 6. The Morgan fingerprint density at radius 1 is 0.500 bits per heavy atom. The van der Waals surface area contributed by atoms with Gasteiger partial charge in [-0.05, 0) is 22.3 Å². The maximum absolute atomic E-state index is 15.8. The molecule has 0 fully saturated rings. The second-order valence-electron chi connectivity index (χ2n) is 10.7. The number of alkyl halides is 16. The van der Waals surface area contributed by atoms with Crippen LogP contribution in [0.2, 0.25) is 19.6 Å².